The van der Waals surface area contributed by atoms with Crippen molar-refractivity contribution < 1.29 is 4.63 Å². The Balaban J connectivity index is 2.06. The van der Waals surface area contributed by atoms with Crippen LogP contribution in [0, 0.1) is 0 Å². The van der Waals surface area contributed by atoms with E-state index in [-0.39, 0.29) is 5.82 Å². The lowest BCUT2D eigenvalue weighted by Gasteiger charge is -2.07. The number of nitrogen functional groups attached to an aromatic ring is 2. The van der Waals surface area contributed by atoms with Crippen LogP contribution in [-0.4, -0.2) is 24.8 Å². The van der Waals surface area contributed by atoms with E-state index >= 15 is 0 Å². The second-order valence-electron chi connectivity index (χ2n) is 4.70. The van der Waals surface area contributed by atoms with Crippen molar-refractivity contribution in [3.63, 3.8) is 0 Å². The van der Waals surface area contributed by atoms with Gasteiger partial charge in [0.15, 0.2) is 17.3 Å². The number of benzene rings is 1. The van der Waals surface area contributed by atoms with E-state index in [1.54, 1.807) is 12.3 Å². The van der Waals surface area contributed by atoms with Gasteiger partial charge in [0.1, 0.15) is 5.82 Å². The molecule has 22 heavy (non-hydrogen) atoms. The molecule has 4 rings (SSSR count). The molecule has 0 saturated heterocycles. The van der Waals surface area contributed by atoms with E-state index in [1.165, 1.54) is 0 Å². The normalized spacial score (nSPS) is 11.1. The van der Waals surface area contributed by atoms with Crippen LogP contribution < -0.4 is 11.5 Å². The summed E-state index contributed by atoms with van der Waals surface area (Å²) in [5, 5.41) is 7.46. The minimum atomic E-state index is 0.181. The average molecular weight is 293 g/mol. The smallest absolute Gasteiger partial charge is 0.199 e. The molecule has 108 valence electrons. The molecule has 3 heterocycles. The quantitative estimate of drug-likeness (QED) is 0.576. The lowest BCUT2D eigenvalue weighted by atomic mass is 10.3. The number of hydrogen-bond acceptors (Lipinski definition) is 7. The molecule has 4 N–H and O–H groups in total. The molecule has 0 radical (unpaired) electrons. The number of para-hydroxylation sites is 2. The molecular formula is C14H11N7O. The van der Waals surface area contributed by atoms with Gasteiger partial charge in [-0.15, -0.1) is 0 Å². The van der Waals surface area contributed by atoms with Gasteiger partial charge < -0.3 is 11.5 Å². The molecule has 0 saturated carbocycles. The van der Waals surface area contributed by atoms with Gasteiger partial charge in [-0.2, -0.15) is 0 Å². The van der Waals surface area contributed by atoms with E-state index in [1.807, 2.05) is 34.9 Å². The summed E-state index contributed by atoms with van der Waals surface area (Å²) in [7, 11) is 0. The van der Waals surface area contributed by atoms with E-state index in [9.17, 15) is 0 Å². The molecular weight excluding hydrogens is 282 g/mol. The van der Waals surface area contributed by atoms with Crippen molar-refractivity contribution in [2.75, 3.05) is 11.5 Å². The Labute approximate surface area is 124 Å². The number of nitrogens with two attached hydrogens (primary N) is 2. The second kappa shape index (κ2) is 4.55. The molecule has 8 heteroatoms. The zero-order chi connectivity index (χ0) is 15.1. The summed E-state index contributed by atoms with van der Waals surface area (Å²) in [4.78, 5) is 8.70. The molecule has 0 aliphatic heterocycles. The highest BCUT2D eigenvalue weighted by atomic mass is 16.6. The Hall–Kier alpha value is -3.42. The van der Waals surface area contributed by atoms with Crippen LogP contribution in [0.15, 0.2) is 47.2 Å². The lowest BCUT2D eigenvalue weighted by molar-refractivity contribution is 0.310. The summed E-state index contributed by atoms with van der Waals surface area (Å²) in [6.07, 6.45) is 1.66. The number of rotatable bonds is 2. The van der Waals surface area contributed by atoms with Gasteiger partial charge in [0.25, 0.3) is 0 Å². The third-order valence-electron chi connectivity index (χ3n) is 3.32. The SMILES string of the molecule is Nc1ccc(-n2c(-c3nonc3N)nc3ccccc32)cn1. The zero-order valence-electron chi connectivity index (χ0n) is 11.3. The number of imidazole rings is 1. The molecule has 0 aliphatic carbocycles. The Morgan fingerprint density at radius 2 is 1.86 bits per heavy atom. The van der Waals surface area contributed by atoms with Crippen LogP contribution in [0.4, 0.5) is 11.6 Å². The van der Waals surface area contributed by atoms with Crippen LogP contribution in [0.2, 0.25) is 0 Å². The minimum Gasteiger partial charge on any atom is -0.384 e. The number of aromatic nitrogens is 5. The van der Waals surface area contributed by atoms with Gasteiger partial charge >= 0.3 is 0 Å². The van der Waals surface area contributed by atoms with Crippen LogP contribution in [0.1, 0.15) is 0 Å². The number of fused-ring (bicyclic) bond motifs is 1. The zero-order valence-corrected chi connectivity index (χ0v) is 11.3. The maximum atomic E-state index is 5.81. The molecule has 0 spiro atoms. The molecule has 1 aromatic carbocycles. The largest absolute Gasteiger partial charge is 0.384 e. The van der Waals surface area contributed by atoms with E-state index < -0.39 is 0 Å². The first-order valence-corrected chi connectivity index (χ1v) is 6.52. The predicted molar refractivity (Wildman–Crippen MR) is 81.0 cm³/mol. The van der Waals surface area contributed by atoms with Crippen molar-refractivity contribution in [2.45, 2.75) is 0 Å². The van der Waals surface area contributed by atoms with E-state index in [0.29, 0.717) is 17.3 Å². The summed E-state index contributed by atoms with van der Waals surface area (Å²) in [6, 6.07) is 11.3. The van der Waals surface area contributed by atoms with Crippen molar-refractivity contribution in [1.29, 1.82) is 0 Å². The molecule has 0 fully saturated rings. The van der Waals surface area contributed by atoms with Crippen molar-refractivity contribution in [2.24, 2.45) is 0 Å². The van der Waals surface area contributed by atoms with E-state index in [4.69, 9.17) is 16.1 Å². The standard InChI is InChI=1S/C14H11N7O/c15-11-6-5-8(7-17-11)21-10-4-2-1-3-9(10)18-14(21)12-13(16)20-22-19-12/h1-7H,(H2,15,17)(H2,16,20). The highest BCUT2D eigenvalue weighted by molar-refractivity contribution is 5.84. The fourth-order valence-corrected chi connectivity index (χ4v) is 2.33. The van der Waals surface area contributed by atoms with Gasteiger partial charge in [0, 0.05) is 0 Å². The Kier molecular flexibility index (Phi) is 2.55. The van der Waals surface area contributed by atoms with E-state index in [0.717, 1.165) is 16.7 Å². The summed E-state index contributed by atoms with van der Waals surface area (Å²) < 4.78 is 6.58. The molecule has 0 bridgehead atoms. The number of anilines is 2. The van der Waals surface area contributed by atoms with Crippen LogP contribution in [0.3, 0.4) is 0 Å². The third-order valence-corrected chi connectivity index (χ3v) is 3.32. The Morgan fingerprint density at radius 3 is 2.59 bits per heavy atom. The van der Waals surface area contributed by atoms with Gasteiger partial charge in [-0.05, 0) is 34.6 Å². The van der Waals surface area contributed by atoms with Gasteiger partial charge in [-0.25, -0.2) is 14.6 Å². The van der Waals surface area contributed by atoms with Crippen molar-refractivity contribution in [3.05, 3.63) is 42.6 Å². The molecule has 3 aromatic heterocycles. The van der Waals surface area contributed by atoms with Crippen LogP contribution in [0.5, 0.6) is 0 Å². The number of pyridine rings is 1. The van der Waals surface area contributed by atoms with Gasteiger partial charge in [-0.3, -0.25) is 4.57 Å². The molecule has 0 aliphatic rings. The van der Waals surface area contributed by atoms with Gasteiger partial charge in [-0.1, -0.05) is 12.1 Å². The van der Waals surface area contributed by atoms with Crippen LogP contribution >= 0.6 is 0 Å². The first-order chi connectivity index (χ1) is 10.7. The van der Waals surface area contributed by atoms with Crippen LogP contribution in [0.25, 0.3) is 28.2 Å². The molecule has 0 amide bonds. The average Bonchev–Trinajstić information content (AvgIpc) is 3.11. The maximum absolute atomic E-state index is 5.81. The molecule has 4 aromatic rings. The number of nitrogens with zero attached hydrogens (tertiary/aromatic N) is 5. The second-order valence-corrected chi connectivity index (χ2v) is 4.70. The van der Waals surface area contributed by atoms with Crippen LogP contribution in [-0.2, 0) is 0 Å². The molecule has 0 unspecified atom stereocenters. The Bertz CT molecular complexity index is 955. The third kappa shape index (κ3) is 1.78. The monoisotopic (exact) mass is 293 g/mol. The van der Waals surface area contributed by atoms with Crippen molar-refractivity contribution >= 4 is 22.7 Å². The van der Waals surface area contributed by atoms with Crippen molar-refractivity contribution in [1.82, 2.24) is 24.8 Å². The van der Waals surface area contributed by atoms with Gasteiger partial charge in [0.05, 0.1) is 22.9 Å². The lowest BCUT2D eigenvalue weighted by Crippen LogP contribution is -2.01. The summed E-state index contributed by atoms with van der Waals surface area (Å²) in [5.74, 6) is 1.16. The van der Waals surface area contributed by atoms with E-state index in [2.05, 4.69) is 20.3 Å². The fourth-order valence-electron chi connectivity index (χ4n) is 2.33. The summed E-state index contributed by atoms with van der Waals surface area (Å²) >= 11 is 0. The first kappa shape index (κ1) is 12.3. The summed E-state index contributed by atoms with van der Waals surface area (Å²) in [6.45, 7) is 0. The van der Waals surface area contributed by atoms with Gasteiger partial charge in [0.2, 0.25) is 0 Å². The van der Waals surface area contributed by atoms with Crippen molar-refractivity contribution in [3.8, 4) is 17.2 Å². The Morgan fingerprint density at radius 1 is 1.00 bits per heavy atom. The minimum absolute atomic E-state index is 0.181. The highest BCUT2D eigenvalue weighted by Gasteiger charge is 2.20. The summed E-state index contributed by atoms with van der Waals surface area (Å²) in [5.41, 5.74) is 14.3. The fraction of sp³-hybridized carbons (Fsp3) is 0. The number of hydrogen-bond donors (Lipinski definition) is 2. The molecule has 0 atom stereocenters. The molecule has 8 nitrogen and oxygen atoms in total. The first-order valence-electron chi connectivity index (χ1n) is 6.52. The predicted octanol–water partition coefficient (Wildman–Crippen LogP) is 1.63. The maximum Gasteiger partial charge on any atom is 0.199 e. The highest BCUT2D eigenvalue weighted by Crippen LogP contribution is 2.29. The topological polar surface area (TPSA) is 122 Å².